The molecule has 7 nitrogen and oxygen atoms in total. The maximum atomic E-state index is 13.3. The predicted octanol–water partition coefficient (Wildman–Crippen LogP) is 5.01. The molecular weight excluding hydrogens is 527 g/mol. The molecule has 0 aliphatic carbocycles. The Morgan fingerprint density at radius 2 is 2.05 bits per heavy atom. The van der Waals surface area contributed by atoms with Gasteiger partial charge in [0.1, 0.15) is 17.8 Å². The number of ether oxygens (including phenoxy) is 1. The smallest absolute Gasteiger partial charge is 0.406 e. The number of nitrogens with zero attached hydrogens (tertiary/aromatic N) is 3. The van der Waals surface area contributed by atoms with Gasteiger partial charge in [-0.05, 0) is 76.0 Å². The lowest BCUT2D eigenvalue weighted by Gasteiger charge is -2.17. The number of alkyl halides is 3. The van der Waals surface area contributed by atoms with Gasteiger partial charge < -0.3 is 24.8 Å². The molecule has 11 heteroatoms. The normalized spacial score (nSPS) is 16.3. The zero-order chi connectivity index (χ0) is 28.0. The predicted molar refractivity (Wildman–Crippen MR) is 149 cm³/mol. The second-order valence-electron chi connectivity index (χ2n) is 9.51. The van der Waals surface area contributed by atoms with Crippen molar-refractivity contribution in [1.82, 2.24) is 19.8 Å². The summed E-state index contributed by atoms with van der Waals surface area (Å²) in [6.45, 7) is 0.894. The van der Waals surface area contributed by atoms with Crippen LogP contribution in [-0.4, -0.2) is 72.6 Å². The van der Waals surface area contributed by atoms with Crippen LogP contribution in [0.2, 0.25) is 0 Å². The summed E-state index contributed by atoms with van der Waals surface area (Å²) in [4.78, 5) is 20.8. The minimum absolute atomic E-state index is 0.0128. The topological polar surface area (TPSA) is 71.4 Å². The molecule has 1 aromatic heterocycles. The fraction of sp³-hybridized carbons (Fsp3) is 0.429. The van der Waals surface area contributed by atoms with E-state index in [9.17, 15) is 18.0 Å². The zero-order valence-corrected chi connectivity index (χ0v) is 23.0. The summed E-state index contributed by atoms with van der Waals surface area (Å²) in [5.74, 6) is 6.33. The number of rotatable bonds is 7. The van der Waals surface area contributed by atoms with E-state index in [4.69, 9.17) is 4.74 Å². The molecule has 3 aromatic rings. The maximum absolute atomic E-state index is 13.3. The molecule has 1 unspecified atom stereocenters. The van der Waals surface area contributed by atoms with Crippen molar-refractivity contribution < 1.29 is 22.7 Å². The van der Waals surface area contributed by atoms with E-state index in [0.29, 0.717) is 11.3 Å². The standard InChI is InChI=1S/C28H32F3N5O2S/c1-35-12-5-7-20(10-13-35)34-27(37)22-14-19(15-24-26(22)33-18-36(24)17-28(29,30)31)6-4-11-32-23-9-8-21(39-3)16-25(23)38-2/h8-9,14-16,18,20,32H,5,7,10-13,17H2,1-3H3,(H,34,37). The number of thioether (sulfide) groups is 1. The van der Waals surface area contributed by atoms with Crippen LogP contribution >= 0.6 is 11.8 Å². The van der Waals surface area contributed by atoms with E-state index in [1.165, 1.54) is 0 Å². The van der Waals surface area contributed by atoms with Gasteiger partial charge in [-0.25, -0.2) is 4.98 Å². The molecule has 1 fully saturated rings. The van der Waals surface area contributed by atoms with Crippen LogP contribution < -0.4 is 15.4 Å². The molecule has 39 heavy (non-hydrogen) atoms. The number of methoxy groups -OCH3 is 1. The fourth-order valence-electron chi connectivity index (χ4n) is 4.61. The summed E-state index contributed by atoms with van der Waals surface area (Å²) in [5, 5.41) is 6.27. The molecule has 0 spiro atoms. The van der Waals surface area contributed by atoms with Crippen LogP contribution in [0.25, 0.3) is 11.0 Å². The number of benzene rings is 2. The molecule has 2 N–H and O–H groups in total. The molecule has 1 saturated heterocycles. The van der Waals surface area contributed by atoms with Crippen LogP contribution in [0.4, 0.5) is 18.9 Å². The quantitative estimate of drug-likeness (QED) is 0.314. The molecule has 0 saturated carbocycles. The van der Waals surface area contributed by atoms with Crippen LogP contribution in [0.3, 0.4) is 0 Å². The van der Waals surface area contributed by atoms with Gasteiger partial charge in [-0.15, -0.1) is 11.8 Å². The Kier molecular flexibility index (Phi) is 9.30. The van der Waals surface area contributed by atoms with Crippen molar-refractivity contribution in [2.45, 2.75) is 42.9 Å². The molecule has 0 bridgehead atoms. The highest BCUT2D eigenvalue weighted by Gasteiger charge is 2.29. The molecule has 1 aliphatic rings. The number of amides is 1. The van der Waals surface area contributed by atoms with Crippen molar-refractivity contribution >= 4 is 34.4 Å². The fourth-order valence-corrected chi connectivity index (χ4v) is 5.03. The average Bonchev–Trinajstić information content (AvgIpc) is 3.17. The lowest BCUT2D eigenvalue weighted by atomic mass is 10.1. The van der Waals surface area contributed by atoms with Gasteiger partial charge in [0.15, 0.2) is 0 Å². The number of imidazole rings is 1. The average molecular weight is 560 g/mol. The van der Waals surface area contributed by atoms with Crippen molar-refractivity contribution in [1.29, 1.82) is 0 Å². The monoisotopic (exact) mass is 559 g/mol. The second kappa shape index (κ2) is 12.7. The molecular formula is C28H32F3N5O2S. The number of hydrogen-bond acceptors (Lipinski definition) is 6. The summed E-state index contributed by atoms with van der Waals surface area (Å²) < 4.78 is 46.1. The summed E-state index contributed by atoms with van der Waals surface area (Å²) in [7, 11) is 3.64. The van der Waals surface area contributed by atoms with Crippen LogP contribution in [0, 0.1) is 11.8 Å². The van der Waals surface area contributed by atoms with Gasteiger partial charge in [-0.1, -0.05) is 11.8 Å². The summed E-state index contributed by atoms with van der Waals surface area (Å²) >= 11 is 1.61. The van der Waals surface area contributed by atoms with E-state index < -0.39 is 12.7 Å². The highest BCUT2D eigenvalue weighted by molar-refractivity contribution is 7.98. The third-order valence-electron chi connectivity index (χ3n) is 6.62. The minimum Gasteiger partial charge on any atom is -0.495 e. The third kappa shape index (κ3) is 7.61. The van der Waals surface area contributed by atoms with Crippen molar-refractivity contribution in [2.24, 2.45) is 0 Å². The molecule has 2 aromatic carbocycles. The molecule has 2 heterocycles. The number of nitrogens with one attached hydrogen (secondary N) is 2. The molecule has 0 radical (unpaired) electrons. The molecule has 1 aliphatic heterocycles. The Morgan fingerprint density at radius 1 is 1.23 bits per heavy atom. The third-order valence-corrected chi connectivity index (χ3v) is 7.34. The van der Waals surface area contributed by atoms with E-state index in [0.717, 1.165) is 53.8 Å². The number of fused-ring (bicyclic) bond motifs is 1. The molecule has 1 atom stereocenters. The zero-order valence-electron chi connectivity index (χ0n) is 22.2. The number of likely N-dealkylation sites (tertiary alicyclic amines) is 1. The Bertz CT molecular complexity index is 1380. The van der Waals surface area contributed by atoms with Crippen LogP contribution in [-0.2, 0) is 6.54 Å². The van der Waals surface area contributed by atoms with Gasteiger partial charge >= 0.3 is 6.18 Å². The summed E-state index contributed by atoms with van der Waals surface area (Å²) in [6, 6.07) is 8.94. The number of anilines is 1. The van der Waals surface area contributed by atoms with Gasteiger partial charge in [-0.2, -0.15) is 13.2 Å². The van der Waals surface area contributed by atoms with Gasteiger partial charge in [0.25, 0.3) is 5.91 Å². The Balaban J connectivity index is 1.59. The van der Waals surface area contributed by atoms with Crippen LogP contribution in [0.1, 0.15) is 35.2 Å². The SMILES string of the molecule is COc1cc(SC)ccc1NCC#Cc1cc(C(=O)NC2CCCN(C)CC2)c2ncn(CC(F)(F)F)c2c1. The van der Waals surface area contributed by atoms with Crippen molar-refractivity contribution in [3.05, 3.63) is 47.8 Å². The molecule has 208 valence electrons. The van der Waals surface area contributed by atoms with Crippen molar-refractivity contribution in [3.63, 3.8) is 0 Å². The summed E-state index contributed by atoms with van der Waals surface area (Å²) in [6.07, 6.45) is 1.28. The lowest BCUT2D eigenvalue weighted by Crippen LogP contribution is -2.35. The van der Waals surface area contributed by atoms with E-state index in [1.807, 2.05) is 31.5 Å². The Labute approximate surface area is 230 Å². The molecule has 4 rings (SSSR count). The van der Waals surface area contributed by atoms with Crippen LogP contribution in [0.5, 0.6) is 5.75 Å². The van der Waals surface area contributed by atoms with E-state index in [2.05, 4.69) is 32.4 Å². The first-order chi connectivity index (χ1) is 18.7. The van der Waals surface area contributed by atoms with E-state index >= 15 is 0 Å². The molecule has 1 amide bonds. The first kappa shape index (κ1) is 28.6. The summed E-state index contributed by atoms with van der Waals surface area (Å²) in [5.41, 5.74) is 1.87. The first-order valence-corrected chi connectivity index (χ1v) is 13.9. The minimum atomic E-state index is -4.43. The highest BCUT2D eigenvalue weighted by Crippen LogP contribution is 2.29. The number of aromatic nitrogens is 2. The van der Waals surface area contributed by atoms with Crippen molar-refractivity contribution in [3.8, 4) is 17.6 Å². The van der Waals surface area contributed by atoms with Gasteiger partial charge in [0.2, 0.25) is 0 Å². The number of carbonyl (C=O) groups is 1. The van der Waals surface area contributed by atoms with Gasteiger partial charge in [0.05, 0.1) is 36.7 Å². The number of halogens is 3. The number of carbonyl (C=O) groups excluding carboxylic acids is 1. The largest absolute Gasteiger partial charge is 0.495 e. The van der Waals surface area contributed by atoms with E-state index in [-0.39, 0.29) is 35.1 Å². The first-order valence-electron chi connectivity index (χ1n) is 12.7. The second-order valence-corrected chi connectivity index (χ2v) is 10.4. The maximum Gasteiger partial charge on any atom is 0.406 e. The van der Waals surface area contributed by atoms with Crippen molar-refractivity contribution in [2.75, 3.05) is 45.4 Å². The lowest BCUT2D eigenvalue weighted by molar-refractivity contribution is -0.139. The highest BCUT2D eigenvalue weighted by atomic mass is 32.2. The van der Waals surface area contributed by atoms with Gasteiger partial charge in [-0.3, -0.25) is 4.79 Å². The number of hydrogen-bond donors (Lipinski definition) is 2. The van der Waals surface area contributed by atoms with Crippen LogP contribution in [0.15, 0.2) is 41.6 Å². The Hall–Kier alpha value is -3.36. The van der Waals surface area contributed by atoms with E-state index in [1.54, 1.807) is 31.0 Å². The Morgan fingerprint density at radius 3 is 2.79 bits per heavy atom. The van der Waals surface area contributed by atoms with Gasteiger partial charge in [0, 0.05) is 16.5 Å².